The first-order chi connectivity index (χ1) is 12.0. The van der Waals surface area contributed by atoms with Crippen LogP contribution in [0.15, 0.2) is 16.3 Å². The molecule has 9 heteroatoms. The molecular formula is C17H24N2O5S2. The number of carbonyl (C=O) groups is 2. The molecule has 2 saturated carbocycles. The van der Waals surface area contributed by atoms with Crippen LogP contribution in [-0.2, 0) is 19.6 Å². The van der Waals surface area contributed by atoms with E-state index in [9.17, 15) is 18.0 Å². The van der Waals surface area contributed by atoms with Crippen LogP contribution in [0.4, 0.5) is 0 Å². The van der Waals surface area contributed by atoms with Gasteiger partial charge >= 0.3 is 5.97 Å². The van der Waals surface area contributed by atoms with Crippen LogP contribution < -0.4 is 10.5 Å². The zero-order chi connectivity index (χ0) is 19.3. The molecule has 2 fully saturated rings. The van der Waals surface area contributed by atoms with Gasteiger partial charge < -0.3 is 10.1 Å². The Morgan fingerprint density at radius 1 is 1.38 bits per heavy atom. The van der Waals surface area contributed by atoms with Gasteiger partial charge in [-0.3, -0.25) is 4.79 Å². The third-order valence-electron chi connectivity index (χ3n) is 6.58. The first-order valence-corrected chi connectivity index (χ1v) is 11.0. The van der Waals surface area contributed by atoms with Crippen LogP contribution in [0, 0.1) is 16.7 Å². The molecule has 0 spiro atoms. The average Bonchev–Trinajstić information content (AvgIpc) is 3.16. The highest BCUT2D eigenvalue weighted by molar-refractivity contribution is 7.89. The van der Waals surface area contributed by atoms with Crippen molar-refractivity contribution >= 4 is 33.2 Å². The van der Waals surface area contributed by atoms with E-state index in [4.69, 9.17) is 9.88 Å². The quantitative estimate of drug-likeness (QED) is 0.732. The van der Waals surface area contributed by atoms with Crippen molar-refractivity contribution in [3.05, 3.63) is 16.3 Å². The molecule has 0 aromatic carbocycles. The lowest BCUT2D eigenvalue weighted by Crippen LogP contribution is -2.48. The Hall–Kier alpha value is -1.45. The minimum absolute atomic E-state index is 0.0336. The molecule has 0 aliphatic heterocycles. The van der Waals surface area contributed by atoms with Gasteiger partial charge in [0, 0.05) is 6.04 Å². The fraction of sp³-hybridized carbons (Fsp3) is 0.647. The molecule has 1 aromatic heterocycles. The normalized spacial score (nSPS) is 29.5. The largest absolute Gasteiger partial charge is 0.451 e. The van der Waals surface area contributed by atoms with Crippen LogP contribution in [0.5, 0.6) is 0 Å². The Kier molecular flexibility index (Phi) is 4.69. The number of primary sulfonamides is 1. The third kappa shape index (κ3) is 3.05. The van der Waals surface area contributed by atoms with E-state index in [1.165, 1.54) is 17.9 Å². The van der Waals surface area contributed by atoms with Crippen molar-refractivity contribution in [3.8, 4) is 0 Å². The molecule has 0 radical (unpaired) electrons. The molecule has 3 rings (SSSR count). The Morgan fingerprint density at radius 3 is 2.62 bits per heavy atom. The minimum atomic E-state index is -4.01. The molecule has 2 aliphatic carbocycles. The highest BCUT2D eigenvalue weighted by Crippen LogP contribution is 2.65. The maximum atomic E-state index is 12.3. The zero-order valence-electron chi connectivity index (χ0n) is 15.1. The number of thiophene rings is 1. The molecule has 1 aromatic rings. The zero-order valence-corrected chi connectivity index (χ0v) is 16.7. The molecule has 0 saturated heterocycles. The smallest absolute Gasteiger partial charge is 0.350 e. The number of sulfonamides is 1. The average molecular weight is 401 g/mol. The fourth-order valence-electron chi connectivity index (χ4n) is 4.53. The van der Waals surface area contributed by atoms with Gasteiger partial charge in [-0.2, -0.15) is 0 Å². The number of ether oxygens (including phenoxy) is 1. The summed E-state index contributed by atoms with van der Waals surface area (Å²) in [7, 11) is -4.01. The Balaban J connectivity index is 1.59. The van der Waals surface area contributed by atoms with Crippen molar-refractivity contribution in [1.29, 1.82) is 0 Å². The van der Waals surface area contributed by atoms with E-state index in [0.29, 0.717) is 5.92 Å². The molecule has 3 N–H and O–H groups in total. The van der Waals surface area contributed by atoms with Crippen molar-refractivity contribution in [2.75, 3.05) is 6.61 Å². The highest BCUT2D eigenvalue weighted by atomic mass is 32.2. The lowest BCUT2D eigenvalue weighted by molar-refractivity contribution is -0.126. The SMILES string of the molecule is CC1(C)C2CCC1(C)C(NC(=O)COC(=O)c1sccc1S(N)(=O)=O)C2. The second kappa shape index (κ2) is 6.31. The Bertz CT molecular complexity index is 845. The van der Waals surface area contributed by atoms with E-state index in [1.54, 1.807) is 0 Å². The van der Waals surface area contributed by atoms with Gasteiger partial charge in [-0.25, -0.2) is 18.4 Å². The number of carbonyl (C=O) groups excluding carboxylic acids is 2. The minimum Gasteiger partial charge on any atom is -0.451 e. The van der Waals surface area contributed by atoms with Crippen LogP contribution >= 0.6 is 11.3 Å². The number of nitrogens with two attached hydrogens (primary N) is 1. The predicted octanol–water partition coefficient (Wildman–Crippen LogP) is 1.88. The third-order valence-corrected chi connectivity index (χ3v) is 8.56. The van der Waals surface area contributed by atoms with Gasteiger partial charge in [0.05, 0.1) is 0 Å². The summed E-state index contributed by atoms with van der Waals surface area (Å²) in [5, 5.41) is 9.51. The lowest BCUT2D eigenvalue weighted by atomic mass is 9.69. The summed E-state index contributed by atoms with van der Waals surface area (Å²) in [4.78, 5) is 24.0. The molecule has 2 bridgehead atoms. The number of hydrogen-bond acceptors (Lipinski definition) is 6. The van der Waals surface area contributed by atoms with Crippen molar-refractivity contribution in [1.82, 2.24) is 5.32 Å². The molecule has 7 nitrogen and oxygen atoms in total. The van der Waals surface area contributed by atoms with Gasteiger partial charge in [-0.1, -0.05) is 20.8 Å². The molecule has 26 heavy (non-hydrogen) atoms. The number of hydrogen-bond donors (Lipinski definition) is 2. The lowest BCUT2D eigenvalue weighted by Gasteiger charge is -2.39. The number of rotatable bonds is 5. The molecule has 3 atom stereocenters. The summed E-state index contributed by atoms with van der Waals surface area (Å²) in [6.45, 7) is 6.27. The molecular weight excluding hydrogens is 376 g/mol. The van der Waals surface area contributed by atoms with E-state index in [2.05, 4.69) is 26.1 Å². The Morgan fingerprint density at radius 2 is 2.08 bits per heavy atom. The molecule has 3 unspecified atom stereocenters. The van der Waals surface area contributed by atoms with Gasteiger partial charge in [0.25, 0.3) is 5.91 Å². The van der Waals surface area contributed by atoms with Gasteiger partial charge in [-0.15, -0.1) is 11.3 Å². The van der Waals surface area contributed by atoms with Crippen LogP contribution in [-0.4, -0.2) is 32.9 Å². The summed E-state index contributed by atoms with van der Waals surface area (Å²) < 4.78 is 27.9. The molecule has 1 heterocycles. The predicted molar refractivity (Wildman–Crippen MR) is 97.1 cm³/mol. The highest BCUT2D eigenvalue weighted by Gasteiger charge is 2.61. The van der Waals surface area contributed by atoms with Crippen LogP contribution in [0.3, 0.4) is 0 Å². The monoisotopic (exact) mass is 400 g/mol. The van der Waals surface area contributed by atoms with E-state index < -0.39 is 22.6 Å². The van der Waals surface area contributed by atoms with Crippen LogP contribution in [0.25, 0.3) is 0 Å². The van der Waals surface area contributed by atoms with Gasteiger partial charge in [0.2, 0.25) is 10.0 Å². The number of nitrogens with one attached hydrogen (secondary N) is 1. The maximum absolute atomic E-state index is 12.3. The molecule has 1 amide bonds. The van der Waals surface area contributed by atoms with Crippen LogP contribution in [0.1, 0.15) is 49.7 Å². The summed E-state index contributed by atoms with van der Waals surface area (Å²) in [6.07, 6.45) is 3.19. The first kappa shape index (κ1) is 19.3. The summed E-state index contributed by atoms with van der Waals surface area (Å²) in [6, 6.07) is 1.30. The molecule has 144 valence electrons. The van der Waals surface area contributed by atoms with E-state index in [1.807, 2.05) is 0 Å². The second-order valence-corrected chi connectivity index (χ2v) is 10.4. The van der Waals surface area contributed by atoms with Gasteiger partial charge in [0.1, 0.15) is 9.77 Å². The fourth-order valence-corrected chi connectivity index (χ4v) is 6.38. The van der Waals surface area contributed by atoms with Crippen molar-refractivity contribution in [3.63, 3.8) is 0 Å². The maximum Gasteiger partial charge on any atom is 0.350 e. The van der Waals surface area contributed by atoms with E-state index in [-0.39, 0.29) is 32.6 Å². The first-order valence-electron chi connectivity index (χ1n) is 8.53. The second-order valence-electron chi connectivity index (χ2n) is 7.97. The van der Waals surface area contributed by atoms with Crippen LogP contribution in [0.2, 0.25) is 0 Å². The summed E-state index contributed by atoms with van der Waals surface area (Å²) in [5.41, 5.74) is 0.203. The number of esters is 1. The van der Waals surface area contributed by atoms with Crippen molar-refractivity contribution < 1.29 is 22.7 Å². The number of amides is 1. The van der Waals surface area contributed by atoms with E-state index >= 15 is 0 Å². The Labute approximate surface area is 157 Å². The summed E-state index contributed by atoms with van der Waals surface area (Å²) >= 11 is 0.913. The standard InChI is InChI=1S/C17H24N2O5S2/c1-16(2)10-4-6-17(16,3)12(8-10)19-13(20)9-24-15(21)14-11(5-7-25-14)26(18,22)23/h5,7,10,12H,4,6,8-9H2,1-3H3,(H,19,20)(H2,18,22,23). The summed E-state index contributed by atoms with van der Waals surface area (Å²) in [5.74, 6) is -0.649. The topological polar surface area (TPSA) is 116 Å². The van der Waals surface area contributed by atoms with Gasteiger partial charge in [-0.05, 0) is 47.5 Å². The number of fused-ring (bicyclic) bond motifs is 2. The molecule has 2 aliphatic rings. The van der Waals surface area contributed by atoms with E-state index in [0.717, 1.165) is 24.2 Å². The van der Waals surface area contributed by atoms with Crippen molar-refractivity contribution in [2.24, 2.45) is 21.9 Å². The van der Waals surface area contributed by atoms with Crippen molar-refractivity contribution in [2.45, 2.75) is 51.0 Å². The van der Waals surface area contributed by atoms with Gasteiger partial charge in [0.15, 0.2) is 6.61 Å².